The van der Waals surface area contributed by atoms with E-state index in [1.807, 2.05) is 0 Å². The van der Waals surface area contributed by atoms with Crippen molar-refractivity contribution in [3.05, 3.63) is 0 Å². The van der Waals surface area contributed by atoms with Crippen LogP contribution in [0, 0.1) is 0 Å². The maximum atomic E-state index is 13.2. The average molecular weight is 179 g/mol. The molecule has 2 nitrogen and oxygen atoms in total. The first-order valence-electron chi connectivity index (χ1n) is 3.83. The SMILES string of the molecule is COCCN1CCC(F)(P)C1. The van der Waals surface area contributed by atoms with Crippen molar-refractivity contribution >= 4 is 9.24 Å². The predicted octanol–water partition coefficient (Wildman–Crippen LogP) is 0.879. The Morgan fingerprint density at radius 3 is 2.91 bits per heavy atom. The fourth-order valence-electron chi connectivity index (χ4n) is 1.29. The Balaban J connectivity index is 2.20. The van der Waals surface area contributed by atoms with E-state index in [1.165, 1.54) is 0 Å². The van der Waals surface area contributed by atoms with Crippen LogP contribution in [0.15, 0.2) is 0 Å². The summed E-state index contributed by atoms with van der Waals surface area (Å²) in [5.74, 6) is 0. The molecule has 0 radical (unpaired) electrons. The second-order valence-electron chi connectivity index (χ2n) is 3.05. The zero-order valence-electron chi connectivity index (χ0n) is 6.85. The molecule has 0 aromatic carbocycles. The summed E-state index contributed by atoms with van der Waals surface area (Å²) in [6, 6.07) is 0. The molecule has 1 aliphatic rings. The Kier molecular flexibility index (Phi) is 3.23. The van der Waals surface area contributed by atoms with Crippen molar-refractivity contribution in [3.63, 3.8) is 0 Å². The molecule has 1 saturated heterocycles. The van der Waals surface area contributed by atoms with Gasteiger partial charge in [-0.05, 0) is 6.42 Å². The zero-order chi connectivity index (χ0) is 8.32. The Hall–Kier alpha value is 0.280. The predicted molar refractivity (Wildman–Crippen MR) is 46.5 cm³/mol. The molecular formula is C7H15FNOP. The van der Waals surface area contributed by atoms with Crippen LogP contribution in [0.2, 0.25) is 0 Å². The molecule has 1 aliphatic heterocycles. The van der Waals surface area contributed by atoms with Gasteiger partial charge in [0.2, 0.25) is 0 Å². The van der Waals surface area contributed by atoms with Crippen molar-refractivity contribution in [1.29, 1.82) is 0 Å². The van der Waals surface area contributed by atoms with Gasteiger partial charge < -0.3 is 4.74 Å². The van der Waals surface area contributed by atoms with Crippen LogP contribution in [0.4, 0.5) is 4.39 Å². The molecule has 0 spiro atoms. The van der Waals surface area contributed by atoms with Crippen LogP contribution < -0.4 is 0 Å². The van der Waals surface area contributed by atoms with Crippen LogP contribution in [-0.2, 0) is 4.74 Å². The summed E-state index contributed by atoms with van der Waals surface area (Å²) in [6.45, 7) is 2.92. The second-order valence-corrected chi connectivity index (χ2v) is 4.09. The average Bonchev–Trinajstić information content (AvgIpc) is 2.26. The fraction of sp³-hybridized carbons (Fsp3) is 1.00. The molecule has 2 atom stereocenters. The lowest BCUT2D eigenvalue weighted by molar-refractivity contribution is 0.154. The highest BCUT2D eigenvalue weighted by molar-refractivity contribution is 7.18. The first-order valence-corrected chi connectivity index (χ1v) is 4.41. The van der Waals surface area contributed by atoms with Crippen molar-refractivity contribution in [2.45, 2.75) is 11.8 Å². The summed E-state index contributed by atoms with van der Waals surface area (Å²) in [5, 5.41) is -1.05. The lowest BCUT2D eigenvalue weighted by Crippen LogP contribution is -2.27. The monoisotopic (exact) mass is 179 g/mol. The third kappa shape index (κ3) is 3.02. The van der Waals surface area contributed by atoms with Crippen LogP contribution in [-0.4, -0.2) is 43.7 Å². The number of likely N-dealkylation sites (tertiary alicyclic amines) is 1. The number of methoxy groups -OCH3 is 1. The highest BCUT2D eigenvalue weighted by Crippen LogP contribution is 2.31. The van der Waals surface area contributed by atoms with Gasteiger partial charge in [0.1, 0.15) is 5.41 Å². The maximum absolute atomic E-state index is 13.2. The molecule has 4 heteroatoms. The number of rotatable bonds is 3. The number of hydrogen-bond donors (Lipinski definition) is 0. The van der Waals surface area contributed by atoms with Gasteiger partial charge in [0.15, 0.2) is 0 Å². The van der Waals surface area contributed by atoms with E-state index in [1.54, 1.807) is 7.11 Å². The first kappa shape index (κ1) is 9.37. The maximum Gasteiger partial charge on any atom is 0.137 e. The normalized spacial score (nSPS) is 33.0. The van der Waals surface area contributed by atoms with Gasteiger partial charge in [-0.1, -0.05) is 9.24 Å². The third-order valence-electron chi connectivity index (χ3n) is 1.94. The van der Waals surface area contributed by atoms with Crippen LogP contribution in [0.5, 0.6) is 0 Å². The molecule has 0 aromatic rings. The quantitative estimate of drug-likeness (QED) is 0.596. The van der Waals surface area contributed by atoms with Crippen LogP contribution in [0.25, 0.3) is 0 Å². The minimum absolute atomic E-state index is 0.529. The van der Waals surface area contributed by atoms with Crippen LogP contribution in [0.3, 0.4) is 0 Å². The zero-order valence-corrected chi connectivity index (χ0v) is 8.00. The highest BCUT2D eigenvalue weighted by atomic mass is 31.0. The Morgan fingerprint density at radius 2 is 2.45 bits per heavy atom. The van der Waals surface area contributed by atoms with Gasteiger partial charge in [-0.15, -0.1) is 0 Å². The molecule has 11 heavy (non-hydrogen) atoms. The highest BCUT2D eigenvalue weighted by Gasteiger charge is 2.32. The van der Waals surface area contributed by atoms with Gasteiger partial charge in [-0.3, -0.25) is 4.90 Å². The van der Waals surface area contributed by atoms with E-state index in [-0.39, 0.29) is 0 Å². The Bertz CT molecular complexity index is 132. The molecule has 0 saturated carbocycles. The van der Waals surface area contributed by atoms with E-state index in [4.69, 9.17) is 4.74 Å². The van der Waals surface area contributed by atoms with Gasteiger partial charge in [0.05, 0.1) is 6.61 Å². The largest absolute Gasteiger partial charge is 0.383 e. The van der Waals surface area contributed by atoms with E-state index in [0.29, 0.717) is 19.6 Å². The van der Waals surface area contributed by atoms with E-state index in [9.17, 15) is 4.39 Å². The summed E-state index contributed by atoms with van der Waals surface area (Å²) in [4.78, 5) is 2.08. The molecule has 1 heterocycles. The molecule has 2 unspecified atom stereocenters. The van der Waals surface area contributed by atoms with Gasteiger partial charge in [0.25, 0.3) is 0 Å². The molecule has 66 valence electrons. The Labute approximate surface area is 69.3 Å². The summed E-state index contributed by atoms with van der Waals surface area (Å²) < 4.78 is 18.1. The summed E-state index contributed by atoms with van der Waals surface area (Å²) in [7, 11) is 3.94. The summed E-state index contributed by atoms with van der Waals surface area (Å²) in [5.41, 5.74) is 0. The molecule has 0 bridgehead atoms. The van der Waals surface area contributed by atoms with E-state index >= 15 is 0 Å². The van der Waals surface area contributed by atoms with Crippen molar-refractivity contribution in [3.8, 4) is 0 Å². The summed E-state index contributed by atoms with van der Waals surface area (Å²) in [6.07, 6.45) is 0.626. The minimum atomic E-state index is -1.05. The van der Waals surface area contributed by atoms with E-state index in [0.717, 1.165) is 13.1 Å². The van der Waals surface area contributed by atoms with Gasteiger partial charge in [-0.25, -0.2) is 4.39 Å². The molecule has 0 aliphatic carbocycles. The van der Waals surface area contributed by atoms with Gasteiger partial charge in [0, 0.05) is 26.7 Å². The lowest BCUT2D eigenvalue weighted by Gasteiger charge is -2.15. The van der Waals surface area contributed by atoms with E-state index < -0.39 is 5.41 Å². The van der Waals surface area contributed by atoms with Crippen molar-refractivity contribution in [1.82, 2.24) is 4.90 Å². The fourth-order valence-corrected chi connectivity index (χ4v) is 1.67. The van der Waals surface area contributed by atoms with Gasteiger partial charge in [-0.2, -0.15) is 0 Å². The molecule has 0 aromatic heterocycles. The van der Waals surface area contributed by atoms with Crippen LogP contribution >= 0.6 is 9.24 Å². The number of halogens is 1. The van der Waals surface area contributed by atoms with Crippen molar-refractivity contribution < 1.29 is 9.13 Å². The van der Waals surface area contributed by atoms with E-state index in [2.05, 4.69) is 14.1 Å². The smallest absolute Gasteiger partial charge is 0.137 e. The third-order valence-corrected chi connectivity index (χ3v) is 2.41. The number of alkyl halides is 1. The molecular weight excluding hydrogens is 164 g/mol. The number of nitrogens with zero attached hydrogens (tertiary/aromatic N) is 1. The molecule has 1 fully saturated rings. The van der Waals surface area contributed by atoms with Crippen molar-refractivity contribution in [2.24, 2.45) is 0 Å². The number of hydrogen-bond acceptors (Lipinski definition) is 2. The first-order chi connectivity index (χ1) is 5.14. The second kappa shape index (κ2) is 3.79. The molecule has 0 N–H and O–H groups in total. The topological polar surface area (TPSA) is 12.5 Å². The van der Waals surface area contributed by atoms with Gasteiger partial charge >= 0.3 is 0 Å². The summed E-state index contributed by atoms with van der Waals surface area (Å²) >= 11 is 0. The Morgan fingerprint density at radius 1 is 1.73 bits per heavy atom. The lowest BCUT2D eigenvalue weighted by atomic mass is 10.3. The van der Waals surface area contributed by atoms with Crippen LogP contribution in [0.1, 0.15) is 6.42 Å². The molecule has 0 amide bonds. The minimum Gasteiger partial charge on any atom is -0.383 e. The standard InChI is InChI=1S/C7H15FNOP/c1-10-5-4-9-3-2-7(8,11)6-9/h2-6,11H2,1H3. The molecule has 1 rings (SSSR count). The number of ether oxygens (including phenoxy) is 1. The van der Waals surface area contributed by atoms with Crippen molar-refractivity contribution in [2.75, 3.05) is 33.4 Å².